The number of nitrogens with one attached hydrogen (secondary N) is 1. The van der Waals surface area contributed by atoms with Crippen LogP contribution in [0.4, 0.5) is 0 Å². The average molecular weight is 352 g/mol. The summed E-state index contributed by atoms with van der Waals surface area (Å²) in [5.41, 5.74) is 1.50. The Bertz CT molecular complexity index is 401. The van der Waals surface area contributed by atoms with E-state index in [0.29, 0.717) is 0 Å². The summed E-state index contributed by atoms with van der Waals surface area (Å²) in [6.07, 6.45) is 8.31. The fourth-order valence-corrected chi connectivity index (χ4v) is 4.13. The second-order valence-electron chi connectivity index (χ2n) is 6.63. The van der Waals surface area contributed by atoms with Crippen LogP contribution in [0.25, 0.3) is 0 Å². The van der Waals surface area contributed by atoms with Gasteiger partial charge in [0.05, 0.1) is 0 Å². The van der Waals surface area contributed by atoms with Gasteiger partial charge in [-0.1, -0.05) is 61.2 Å². The highest BCUT2D eigenvalue weighted by Gasteiger charge is 2.29. The maximum Gasteiger partial charge on any atom is 0.0175 e. The van der Waals surface area contributed by atoms with Crippen molar-refractivity contribution < 1.29 is 0 Å². The van der Waals surface area contributed by atoms with Crippen molar-refractivity contribution in [3.63, 3.8) is 0 Å². The van der Waals surface area contributed by atoms with Crippen molar-refractivity contribution in [2.75, 3.05) is 13.1 Å². The van der Waals surface area contributed by atoms with Crippen LogP contribution in [0.15, 0.2) is 28.7 Å². The SMILES string of the molecule is CCCC1CCC(CNCC)C(Cc2ccc(Br)cc2)C1. The lowest BCUT2D eigenvalue weighted by Crippen LogP contribution is -2.34. The minimum absolute atomic E-state index is 0.857. The smallest absolute Gasteiger partial charge is 0.0175 e. The Morgan fingerprint density at radius 1 is 1.10 bits per heavy atom. The monoisotopic (exact) mass is 351 g/mol. The fourth-order valence-electron chi connectivity index (χ4n) is 3.87. The highest BCUT2D eigenvalue weighted by Crippen LogP contribution is 2.37. The van der Waals surface area contributed by atoms with E-state index in [1.165, 1.54) is 55.1 Å². The van der Waals surface area contributed by atoms with E-state index < -0.39 is 0 Å². The first-order chi connectivity index (χ1) is 10.2. The summed E-state index contributed by atoms with van der Waals surface area (Å²) in [6.45, 7) is 6.84. The summed E-state index contributed by atoms with van der Waals surface area (Å²) in [5, 5.41) is 3.58. The van der Waals surface area contributed by atoms with Crippen molar-refractivity contribution in [3.05, 3.63) is 34.3 Å². The van der Waals surface area contributed by atoms with Gasteiger partial charge in [-0.25, -0.2) is 0 Å². The van der Waals surface area contributed by atoms with Crippen LogP contribution in [0.5, 0.6) is 0 Å². The molecule has 1 nitrogen and oxygen atoms in total. The predicted molar refractivity (Wildman–Crippen MR) is 95.6 cm³/mol. The minimum atomic E-state index is 0.857. The number of benzene rings is 1. The molecule has 0 aliphatic heterocycles. The second-order valence-corrected chi connectivity index (χ2v) is 7.54. The minimum Gasteiger partial charge on any atom is -0.317 e. The van der Waals surface area contributed by atoms with E-state index >= 15 is 0 Å². The molecule has 1 aliphatic rings. The summed E-state index contributed by atoms with van der Waals surface area (Å²) in [6, 6.07) is 8.94. The first kappa shape index (κ1) is 17.0. The molecule has 1 N–H and O–H groups in total. The van der Waals surface area contributed by atoms with E-state index in [2.05, 4.69) is 59.4 Å². The van der Waals surface area contributed by atoms with Crippen LogP contribution in [0.3, 0.4) is 0 Å². The molecule has 1 aromatic rings. The Hall–Kier alpha value is -0.340. The van der Waals surface area contributed by atoms with Gasteiger partial charge >= 0.3 is 0 Å². The Balaban J connectivity index is 1.99. The van der Waals surface area contributed by atoms with E-state index in [1.807, 2.05) is 0 Å². The molecule has 0 aromatic heterocycles. The third kappa shape index (κ3) is 5.41. The molecule has 1 fully saturated rings. The van der Waals surface area contributed by atoms with E-state index in [0.717, 1.165) is 24.3 Å². The van der Waals surface area contributed by atoms with Crippen molar-refractivity contribution in [1.82, 2.24) is 5.32 Å². The molecule has 1 aromatic carbocycles. The molecule has 0 saturated heterocycles. The van der Waals surface area contributed by atoms with Gasteiger partial charge in [0.15, 0.2) is 0 Å². The molecule has 0 spiro atoms. The zero-order chi connectivity index (χ0) is 15.1. The van der Waals surface area contributed by atoms with Crippen LogP contribution < -0.4 is 5.32 Å². The molecule has 0 amide bonds. The Morgan fingerprint density at radius 2 is 1.86 bits per heavy atom. The van der Waals surface area contributed by atoms with Crippen molar-refractivity contribution in [2.24, 2.45) is 17.8 Å². The van der Waals surface area contributed by atoms with Crippen molar-refractivity contribution in [2.45, 2.75) is 52.4 Å². The summed E-state index contributed by atoms with van der Waals surface area (Å²) >= 11 is 3.54. The van der Waals surface area contributed by atoms with Gasteiger partial charge in [-0.3, -0.25) is 0 Å². The van der Waals surface area contributed by atoms with Gasteiger partial charge in [0, 0.05) is 4.47 Å². The lowest BCUT2D eigenvalue weighted by atomic mass is 9.70. The van der Waals surface area contributed by atoms with Gasteiger partial charge < -0.3 is 5.32 Å². The topological polar surface area (TPSA) is 12.0 Å². The van der Waals surface area contributed by atoms with Crippen LogP contribution >= 0.6 is 15.9 Å². The molecule has 3 atom stereocenters. The van der Waals surface area contributed by atoms with Gasteiger partial charge in [0.2, 0.25) is 0 Å². The van der Waals surface area contributed by atoms with E-state index in [9.17, 15) is 0 Å². The normalized spacial score (nSPS) is 26.0. The maximum atomic E-state index is 3.58. The molecule has 0 bridgehead atoms. The number of halogens is 1. The zero-order valence-corrected chi connectivity index (χ0v) is 15.2. The molecule has 0 heterocycles. The second kappa shape index (κ2) is 8.95. The molecule has 1 saturated carbocycles. The predicted octanol–water partition coefficient (Wildman–Crippen LogP) is 5.43. The Morgan fingerprint density at radius 3 is 2.52 bits per heavy atom. The summed E-state index contributed by atoms with van der Waals surface area (Å²) in [4.78, 5) is 0. The maximum absolute atomic E-state index is 3.58. The third-order valence-electron chi connectivity index (χ3n) is 5.01. The number of hydrogen-bond donors (Lipinski definition) is 1. The largest absolute Gasteiger partial charge is 0.317 e. The molecule has 3 unspecified atom stereocenters. The van der Waals surface area contributed by atoms with Crippen LogP contribution in [0, 0.1) is 17.8 Å². The van der Waals surface area contributed by atoms with Gasteiger partial charge in [-0.05, 0) is 67.8 Å². The summed E-state index contributed by atoms with van der Waals surface area (Å²) in [5.74, 6) is 2.69. The highest BCUT2D eigenvalue weighted by molar-refractivity contribution is 9.10. The summed E-state index contributed by atoms with van der Waals surface area (Å²) in [7, 11) is 0. The average Bonchev–Trinajstić information content (AvgIpc) is 2.49. The van der Waals surface area contributed by atoms with E-state index in [1.54, 1.807) is 0 Å². The van der Waals surface area contributed by atoms with Crippen molar-refractivity contribution >= 4 is 15.9 Å². The summed E-state index contributed by atoms with van der Waals surface area (Å²) < 4.78 is 1.18. The molecule has 2 rings (SSSR count). The van der Waals surface area contributed by atoms with Crippen LogP contribution in [0.1, 0.15) is 51.5 Å². The lowest BCUT2D eigenvalue weighted by Gasteiger charge is -2.36. The van der Waals surface area contributed by atoms with E-state index in [4.69, 9.17) is 0 Å². The van der Waals surface area contributed by atoms with Crippen molar-refractivity contribution in [1.29, 1.82) is 0 Å². The quantitative estimate of drug-likeness (QED) is 0.690. The van der Waals surface area contributed by atoms with Crippen LogP contribution in [-0.2, 0) is 6.42 Å². The Labute approximate surface area is 139 Å². The molecule has 118 valence electrons. The van der Waals surface area contributed by atoms with Crippen LogP contribution in [-0.4, -0.2) is 13.1 Å². The van der Waals surface area contributed by atoms with E-state index in [-0.39, 0.29) is 0 Å². The molecule has 21 heavy (non-hydrogen) atoms. The third-order valence-corrected chi connectivity index (χ3v) is 5.54. The fraction of sp³-hybridized carbons (Fsp3) is 0.684. The first-order valence-electron chi connectivity index (χ1n) is 8.68. The standard InChI is InChI=1S/C19H30BrN/c1-3-5-15-6-9-17(14-21-4-2)18(12-15)13-16-7-10-19(20)11-8-16/h7-8,10-11,15,17-18,21H,3-6,9,12-14H2,1-2H3. The Kier molecular flexibility index (Phi) is 7.25. The van der Waals surface area contributed by atoms with Gasteiger partial charge in [0.25, 0.3) is 0 Å². The van der Waals surface area contributed by atoms with Gasteiger partial charge in [0.1, 0.15) is 0 Å². The van der Waals surface area contributed by atoms with Gasteiger partial charge in [-0.2, -0.15) is 0 Å². The highest BCUT2D eigenvalue weighted by atomic mass is 79.9. The molecule has 2 heteroatoms. The molecule has 1 aliphatic carbocycles. The molecular weight excluding hydrogens is 322 g/mol. The van der Waals surface area contributed by atoms with Crippen LogP contribution in [0.2, 0.25) is 0 Å². The van der Waals surface area contributed by atoms with Crippen molar-refractivity contribution in [3.8, 4) is 0 Å². The number of hydrogen-bond acceptors (Lipinski definition) is 1. The molecular formula is C19H30BrN. The number of rotatable bonds is 7. The molecule has 0 radical (unpaired) electrons. The first-order valence-corrected chi connectivity index (χ1v) is 9.47. The van der Waals surface area contributed by atoms with Gasteiger partial charge in [-0.15, -0.1) is 0 Å². The lowest BCUT2D eigenvalue weighted by molar-refractivity contribution is 0.168. The zero-order valence-electron chi connectivity index (χ0n) is 13.6.